The Morgan fingerprint density at radius 1 is 1.11 bits per heavy atom. The molecular formula is C14H10F2O3. The summed E-state index contributed by atoms with van der Waals surface area (Å²) in [5, 5.41) is 9.14. The van der Waals surface area contributed by atoms with Crippen molar-refractivity contribution in [3.8, 4) is 16.9 Å². The number of esters is 1. The lowest BCUT2D eigenvalue weighted by Gasteiger charge is -2.07. The molecule has 2 aromatic carbocycles. The first-order chi connectivity index (χ1) is 9.02. The molecule has 98 valence electrons. The molecule has 0 unspecified atom stereocenters. The molecule has 0 heterocycles. The molecule has 0 aromatic heterocycles. The molecule has 0 bridgehead atoms. The molecule has 1 N–H and O–H groups in total. The summed E-state index contributed by atoms with van der Waals surface area (Å²) in [6, 6.07) is 7.21. The van der Waals surface area contributed by atoms with E-state index in [2.05, 4.69) is 4.74 Å². The van der Waals surface area contributed by atoms with E-state index in [0.29, 0.717) is 5.56 Å². The summed E-state index contributed by atoms with van der Waals surface area (Å²) in [5.41, 5.74) is 0.203. The number of aromatic hydroxyl groups is 1. The van der Waals surface area contributed by atoms with Gasteiger partial charge in [-0.05, 0) is 29.8 Å². The maximum atomic E-state index is 13.7. The second kappa shape index (κ2) is 5.06. The Bertz CT molecular complexity index is 639. The highest BCUT2D eigenvalue weighted by Crippen LogP contribution is 2.27. The number of methoxy groups -OCH3 is 1. The second-order valence-electron chi connectivity index (χ2n) is 3.85. The van der Waals surface area contributed by atoms with Crippen LogP contribution in [-0.2, 0) is 4.74 Å². The lowest BCUT2D eigenvalue weighted by Crippen LogP contribution is -2.04. The molecule has 0 fully saturated rings. The average molecular weight is 264 g/mol. The first-order valence-electron chi connectivity index (χ1n) is 5.39. The number of halogens is 2. The zero-order valence-electron chi connectivity index (χ0n) is 9.98. The SMILES string of the molecule is COC(=O)c1cc(-c2ccc(O)cc2F)ccc1F. The molecule has 0 aliphatic carbocycles. The zero-order chi connectivity index (χ0) is 14.0. The summed E-state index contributed by atoms with van der Waals surface area (Å²) in [7, 11) is 1.13. The zero-order valence-corrected chi connectivity index (χ0v) is 9.98. The molecule has 2 aromatic rings. The average Bonchev–Trinajstić information content (AvgIpc) is 2.39. The van der Waals surface area contributed by atoms with Gasteiger partial charge in [0.25, 0.3) is 0 Å². The quantitative estimate of drug-likeness (QED) is 0.848. The number of hydrogen-bond acceptors (Lipinski definition) is 3. The van der Waals surface area contributed by atoms with Gasteiger partial charge < -0.3 is 9.84 Å². The van der Waals surface area contributed by atoms with Gasteiger partial charge in [-0.25, -0.2) is 13.6 Å². The van der Waals surface area contributed by atoms with E-state index < -0.39 is 17.6 Å². The van der Waals surface area contributed by atoms with Crippen LogP contribution in [0.25, 0.3) is 11.1 Å². The molecule has 0 spiro atoms. The van der Waals surface area contributed by atoms with Gasteiger partial charge in [0.1, 0.15) is 17.4 Å². The largest absolute Gasteiger partial charge is 0.508 e. The summed E-state index contributed by atoms with van der Waals surface area (Å²) < 4.78 is 31.6. The minimum absolute atomic E-state index is 0.156. The van der Waals surface area contributed by atoms with Crippen LogP contribution in [0.4, 0.5) is 8.78 Å². The highest BCUT2D eigenvalue weighted by atomic mass is 19.1. The van der Waals surface area contributed by atoms with E-state index in [-0.39, 0.29) is 16.9 Å². The molecule has 0 atom stereocenters. The van der Waals surface area contributed by atoms with Gasteiger partial charge in [-0.15, -0.1) is 0 Å². The van der Waals surface area contributed by atoms with Gasteiger partial charge in [0.05, 0.1) is 12.7 Å². The van der Waals surface area contributed by atoms with Crippen molar-refractivity contribution < 1.29 is 23.4 Å². The van der Waals surface area contributed by atoms with Gasteiger partial charge in [0, 0.05) is 11.6 Å². The lowest BCUT2D eigenvalue weighted by atomic mass is 10.0. The van der Waals surface area contributed by atoms with Crippen LogP contribution in [0.1, 0.15) is 10.4 Å². The third kappa shape index (κ3) is 2.54. The summed E-state index contributed by atoms with van der Waals surface area (Å²) in [6.07, 6.45) is 0. The van der Waals surface area contributed by atoms with E-state index in [0.717, 1.165) is 19.2 Å². The van der Waals surface area contributed by atoms with Crippen molar-refractivity contribution in [2.24, 2.45) is 0 Å². The number of phenols is 1. The predicted molar refractivity (Wildman–Crippen MR) is 64.8 cm³/mol. The summed E-state index contributed by atoms with van der Waals surface area (Å²) in [4.78, 5) is 11.4. The van der Waals surface area contributed by atoms with Crippen molar-refractivity contribution in [1.29, 1.82) is 0 Å². The van der Waals surface area contributed by atoms with Crippen LogP contribution >= 0.6 is 0 Å². The van der Waals surface area contributed by atoms with E-state index in [1.54, 1.807) is 0 Å². The molecular weight excluding hydrogens is 254 g/mol. The first kappa shape index (κ1) is 13.0. The van der Waals surface area contributed by atoms with Crippen LogP contribution in [0.3, 0.4) is 0 Å². The third-order valence-corrected chi connectivity index (χ3v) is 2.64. The minimum atomic E-state index is -0.835. The predicted octanol–water partition coefficient (Wildman–Crippen LogP) is 3.12. The van der Waals surface area contributed by atoms with Gasteiger partial charge in [-0.1, -0.05) is 6.07 Å². The molecule has 2 rings (SSSR count). The standard InChI is InChI=1S/C14H10F2O3/c1-19-14(18)11-6-8(2-5-12(11)15)10-4-3-9(17)7-13(10)16/h2-7,17H,1H3. The lowest BCUT2D eigenvalue weighted by molar-refractivity contribution is 0.0595. The van der Waals surface area contributed by atoms with Crippen molar-refractivity contribution in [3.05, 3.63) is 53.6 Å². The van der Waals surface area contributed by atoms with Gasteiger partial charge in [-0.2, -0.15) is 0 Å². The molecule has 0 amide bonds. The fraction of sp³-hybridized carbons (Fsp3) is 0.0714. The van der Waals surface area contributed by atoms with E-state index in [1.165, 1.54) is 24.3 Å². The maximum absolute atomic E-state index is 13.7. The Morgan fingerprint density at radius 3 is 2.47 bits per heavy atom. The fourth-order valence-corrected chi connectivity index (χ4v) is 1.70. The van der Waals surface area contributed by atoms with Crippen LogP contribution in [0.5, 0.6) is 5.75 Å². The molecule has 5 heteroatoms. The van der Waals surface area contributed by atoms with Crippen LogP contribution in [-0.4, -0.2) is 18.2 Å². The summed E-state index contributed by atoms with van der Waals surface area (Å²) in [6.45, 7) is 0. The van der Waals surface area contributed by atoms with Crippen LogP contribution in [0.2, 0.25) is 0 Å². The number of carbonyl (C=O) groups excluding carboxylic acids is 1. The number of benzene rings is 2. The molecule has 19 heavy (non-hydrogen) atoms. The molecule has 0 radical (unpaired) electrons. The Balaban J connectivity index is 2.54. The van der Waals surface area contributed by atoms with Crippen LogP contribution in [0, 0.1) is 11.6 Å². The van der Waals surface area contributed by atoms with E-state index >= 15 is 0 Å². The normalized spacial score (nSPS) is 10.3. The fourth-order valence-electron chi connectivity index (χ4n) is 1.70. The van der Waals surface area contributed by atoms with Gasteiger partial charge in [0.15, 0.2) is 0 Å². The van der Waals surface area contributed by atoms with Crippen molar-refractivity contribution in [1.82, 2.24) is 0 Å². The number of rotatable bonds is 2. The van der Waals surface area contributed by atoms with Crippen molar-refractivity contribution in [2.45, 2.75) is 0 Å². The van der Waals surface area contributed by atoms with Crippen LogP contribution in [0.15, 0.2) is 36.4 Å². The van der Waals surface area contributed by atoms with Crippen molar-refractivity contribution >= 4 is 5.97 Å². The van der Waals surface area contributed by atoms with E-state index in [9.17, 15) is 13.6 Å². The minimum Gasteiger partial charge on any atom is -0.508 e. The molecule has 3 nitrogen and oxygen atoms in total. The Hall–Kier alpha value is -2.43. The Kier molecular flexibility index (Phi) is 3.46. The van der Waals surface area contributed by atoms with Crippen LogP contribution < -0.4 is 0 Å². The van der Waals surface area contributed by atoms with Crippen molar-refractivity contribution in [3.63, 3.8) is 0 Å². The molecule has 0 saturated carbocycles. The maximum Gasteiger partial charge on any atom is 0.340 e. The number of hydrogen-bond donors (Lipinski definition) is 1. The molecule has 0 aliphatic rings. The number of carbonyl (C=O) groups is 1. The van der Waals surface area contributed by atoms with Gasteiger partial charge in [-0.3, -0.25) is 0 Å². The highest BCUT2D eigenvalue weighted by molar-refractivity contribution is 5.91. The number of phenolic OH excluding ortho intramolecular Hbond substituents is 1. The number of ether oxygens (including phenoxy) is 1. The Labute approximate surface area is 108 Å². The Morgan fingerprint density at radius 2 is 1.84 bits per heavy atom. The molecule has 0 aliphatic heterocycles. The summed E-state index contributed by atoms with van der Waals surface area (Å²) >= 11 is 0. The third-order valence-electron chi connectivity index (χ3n) is 2.64. The molecule has 0 saturated heterocycles. The summed E-state index contributed by atoms with van der Waals surface area (Å²) in [5.74, 6) is -2.45. The smallest absolute Gasteiger partial charge is 0.340 e. The van der Waals surface area contributed by atoms with Gasteiger partial charge in [0.2, 0.25) is 0 Å². The monoisotopic (exact) mass is 264 g/mol. The topological polar surface area (TPSA) is 46.5 Å². The van der Waals surface area contributed by atoms with Gasteiger partial charge >= 0.3 is 5.97 Å². The van der Waals surface area contributed by atoms with Crippen molar-refractivity contribution in [2.75, 3.05) is 7.11 Å². The highest BCUT2D eigenvalue weighted by Gasteiger charge is 2.15. The van der Waals surface area contributed by atoms with E-state index in [1.807, 2.05) is 0 Å². The van der Waals surface area contributed by atoms with E-state index in [4.69, 9.17) is 5.11 Å². The first-order valence-corrected chi connectivity index (χ1v) is 5.39. The second-order valence-corrected chi connectivity index (χ2v) is 3.85.